The molecular formula is C16H16BrCl2N3O2S. The lowest BCUT2D eigenvalue weighted by atomic mass is 10.3. The summed E-state index contributed by atoms with van der Waals surface area (Å²) >= 11 is 15.6. The van der Waals surface area contributed by atoms with Gasteiger partial charge >= 0.3 is 0 Å². The lowest BCUT2D eigenvalue weighted by Crippen LogP contribution is -2.33. The molecule has 9 heteroatoms. The zero-order chi connectivity index (χ0) is 18.9. The number of rotatable bonds is 4. The summed E-state index contributed by atoms with van der Waals surface area (Å²) in [4.78, 5) is -0.153. The predicted octanol–water partition coefficient (Wildman–Crippen LogP) is 4.32. The molecule has 0 spiro atoms. The van der Waals surface area contributed by atoms with E-state index in [-0.39, 0.29) is 21.5 Å². The zero-order valence-corrected chi connectivity index (χ0v) is 18.0. The molecule has 2 aromatic rings. The summed E-state index contributed by atoms with van der Waals surface area (Å²) < 4.78 is 30.1. The van der Waals surface area contributed by atoms with Crippen molar-refractivity contribution in [2.24, 2.45) is 7.05 Å². The maximum atomic E-state index is 13.3. The van der Waals surface area contributed by atoms with Crippen LogP contribution in [-0.2, 0) is 17.1 Å². The van der Waals surface area contributed by atoms with Crippen molar-refractivity contribution < 1.29 is 8.42 Å². The van der Waals surface area contributed by atoms with E-state index in [4.69, 9.17) is 23.2 Å². The second-order valence-electron chi connectivity index (χ2n) is 5.28. The molecule has 0 bridgehead atoms. The van der Waals surface area contributed by atoms with Crippen LogP contribution in [0, 0.1) is 25.7 Å². The quantitative estimate of drug-likeness (QED) is 0.633. The molecule has 1 heterocycles. The van der Waals surface area contributed by atoms with Gasteiger partial charge in [0.25, 0.3) is 10.0 Å². The minimum atomic E-state index is -4.04. The minimum Gasteiger partial charge on any atom is -0.270 e. The molecule has 0 aliphatic rings. The molecular weight excluding hydrogens is 449 g/mol. The summed E-state index contributed by atoms with van der Waals surface area (Å²) in [6.45, 7) is 5.15. The van der Waals surface area contributed by atoms with Gasteiger partial charge in [-0.1, -0.05) is 45.1 Å². The van der Waals surface area contributed by atoms with Crippen molar-refractivity contribution in [3.8, 4) is 11.8 Å². The number of hydrogen-bond acceptors (Lipinski definition) is 3. The lowest BCUT2D eigenvalue weighted by Gasteiger charge is -2.24. The van der Waals surface area contributed by atoms with Gasteiger partial charge < -0.3 is 0 Å². The highest BCUT2D eigenvalue weighted by atomic mass is 79.9. The number of benzene rings is 1. The van der Waals surface area contributed by atoms with Crippen molar-refractivity contribution >= 4 is 54.8 Å². The average Bonchev–Trinajstić information content (AvgIpc) is 2.72. The number of halogens is 3. The highest BCUT2D eigenvalue weighted by molar-refractivity contribution is 9.10. The first-order valence-electron chi connectivity index (χ1n) is 7.18. The van der Waals surface area contributed by atoms with E-state index >= 15 is 0 Å². The van der Waals surface area contributed by atoms with Crippen molar-refractivity contribution in [3.63, 3.8) is 0 Å². The van der Waals surface area contributed by atoms with Gasteiger partial charge in [0.05, 0.1) is 33.7 Å². The standard InChI is InChI=1S/C16H16BrCl2N3O2S/c1-5-6-7-22(15-10(2)20-21(4)11(15)3)25(23,24)16-13(18)8-12(17)9-14(16)19/h8-9H,7H2,1-4H3. The third kappa shape index (κ3) is 3.82. The van der Waals surface area contributed by atoms with Gasteiger partial charge in [-0.05, 0) is 32.9 Å². The monoisotopic (exact) mass is 463 g/mol. The molecule has 0 aliphatic heterocycles. The SMILES string of the molecule is CC#CCN(c1c(C)nn(C)c1C)S(=O)(=O)c1c(Cl)cc(Br)cc1Cl. The Hall–Kier alpha value is -1.20. The van der Waals surface area contributed by atoms with E-state index < -0.39 is 10.0 Å². The van der Waals surface area contributed by atoms with Gasteiger partial charge in [0.15, 0.2) is 0 Å². The number of aryl methyl sites for hydroxylation is 2. The molecule has 1 aromatic heterocycles. The maximum absolute atomic E-state index is 13.3. The van der Waals surface area contributed by atoms with Crippen LogP contribution in [0.5, 0.6) is 0 Å². The molecule has 1 aromatic carbocycles. The topological polar surface area (TPSA) is 55.2 Å². The predicted molar refractivity (Wildman–Crippen MR) is 105 cm³/mol. The molecule has 0 N–H and O–H groups in total. The van der Waals surface area contributed by atoms with E-state index in [1.807, 2.05) is 0 Å². The molecule has 0 aliphatic carbocycles. The number of anilines is 1. The Morgan fingerprint density at radius 3 is 2.28 bits per heavy atom. The van der Waals surface area contributed by atoms with Gasteiger partial charge in [-0.15, -0.1) is 5.92 Å². The lowest BCUT2D eigenvalue weighted by molar-refractivity contribution is 0.593. The molecule has 0 fully saturated rings. The maximum Gasteiger partial charge on any atom is 0.268 e. The minimum absolute atomic E-state index is 0.0328. The fourth-order valence-corrected chi connectivity index (χ4v) is 5.81. The number of hydrogen-bond donors (Lipinski definition) is 0. The molecule has 5 nitrogen and oxygen atoms in total. The fraction of sp³-hybridized carbons (Fsp3) is 0.312. The summed E-state index contributed by atoms with van der Waals surface area (Å²) in [5.41, 5.74) is 1.74. The van der Waals surface area contributed by atoms with Gasteiger partial charge in [0, 0.05) is 11.5 Å². The van der Waals surface area contributed by atoms with Crippen LogP contribution >= 0.6 is 39.1 Å². The van der Waals surface area contributed by atoms with E-state index in [1.54, 1.807) is 32.5 Å². The molecule has 0 amide bonds. The van der Waals surface area contributed by atoms with Crippen LogP contribution < -0.4 is 4.31 Å². The third-order valence-electron chi connectivity index (χ3n) is 3.63. The molecule has 0 saturated heterocycles. The van der Waals surface area contributed by atoms with Crippen molar-refractivity contribution in [3.05, 3.63) is 38.0 Å². The Morgan fingerprint density at radius 2 is 1.84 bits per heavy atom. The van der Waals surface area contributed by atoms with Crippen molar-refractivity contribution in [2.45, 2.75) is 25.7 Å². The summed E-state index contributed by atoms with van der Waals surface area (Å²) in [7, 11) is -2.29. The van der Waals surface area contributed by atoms with Crippen LogP contribution in [-0.4, -0.2) is 24.7 Å². The number of nitrogens with zero attached hydrogens (tertiary/aromatic N) is 3. The van der Waals surface area contributed by atoms with Gasteiger partial charge in [0.1, 0.15) is 4.90 Å². The van der Waals surface area contributed by atoms with E-state index in [9.17, 15) is 8.42 Å². The van der Waals surface area contributed by atoms with Crippen molar-refractivity contribution in [1.82, 2.24) is 9.78 Å². The fourth-order valence-electron chi connectivity index (χ4n) is 2.44. The summed E-state index contributed by atoms with van der Waals surface area (Å²) in [6.07, 6.45) is 0. The molecule has 2 rings (SSSR count). The van der Waals surface area contributed by atoms with E-state index in [0.29, 0.717) is 21.5 Å². The van der Waals surface area contributed by atoms with Crippen LogP contribution in [0.2, 0.25) is 10.0 Å². The van der Waals surface area contributed by atoms with E-state index in [0.717, 1.165) is 0 Å². The molecule has 25 heavy (non-hydrogen) atoms. The largest absolute Gasteiger partial charge is 0.270 e. The van der Waals surface area contributed by atoms with Crippen LogP contribution in [0.25, 0.3) is 0 Å². The molecule has 134 valence electrons. The Kier molecular flexibility index (Phi) is 6.10. The normalized spacial score (nSPS) is 11.2. The highest BCUT2D eigenvalue weighted by Crippen LogP contribution is 2.37. The van der Waals surface area contributed by atoms with E-state index in [2.05, 4.69) is 32.9 Å². The first kappa shape index (κ1) is 20.1. The molecule has 0 atom stereocenters. The Morgan fingerprint density at radius 1 is 1.28 bits per heavy atom. The Labute approximate surface area is 166 Å². The second-order valence-corrected chi connectivity index (χ2v) is 8.81. The van der Waals surface area contributed by atoms with Crippen molar-refractivity contribution in [2.75, 3.05) is 10.8 Å². The van der Waals surface area contributed by atoms with Gasteiger partial charge in [-0.2, -0.15) is 5.10 Å². The van der Waals surface area contributed by atoms with Gasteiger partial charge in [-0.3, -0.25) is 8.99 Å². The zero-order valence-electron chi connectivity index (χ0n) is 14.1. The molecule has 0 unspecified atom stereocenters. The summed E-state index contributed by atoms with van der Waals surface area (Å²) in [5, 5.41) is 4.37. The smallest absolute Gasteiger partial charge is 0.268 e. The number of sulfonamides is 1. The third-order valence-corrected chi connectivity index (χ3v) is 6.76. The summed E-state index contributed by atoms with van der Waals surface area (Å²) in [6, 6.07) is 2.99. The number of aromatic nitrogens is 2. The van der Waals surface area contributed by atoms with Gasteiger partial charge in [0.2, 0.25) is 0 Å². The van der Waals surface area contributed by atoms with Gasteiger partial charge in [-0.25, -0.2) is 8.42 Å². The molecule has 0 radical (unpaired) electrons. The Bertz CT molecular complexity index is 968. The van der Waals surface area contributed by atoms with Crippen LogP contribution in [0.3, 0.4) is 0 Å². The Balaban J connectivity index is 2.75. The van der Waals surface area contributed by atoms with Crippen LogP contribution in [0.4, 0.5) is 5.69 Å². The molecule has 0 saturated carbocycles. The average molecular weight is 465 g/mol. The second kappa shape index (κ2) is 7.58. The first-order chi connectivity index (χ1) is 11.6. The van der Waals surface area contributed by atoms with Crippen LogP contribution in [0.1, 0.15) is 18.3 Å². The first-order valence-corrected chi connectivity index (χ1v) is 10.2. The van der Waals surface area contributed by atoms with Crippen molar-refractivity contribution in [1.29, 1.82) is 0 Å². The van der Waals surface area contributed by atoms with Crippen LogP contribution in [0.15, 0.2) is 21.5 Å². The van der Waals surface area contributed by atoms with E-state index in [1.165, 1.54) is 16.4 Å². The summed E-state index contributed by atoms with van der Waals surface area (Å²) in [5.74, 6) is 5.52. The highest BCUT2D eigenvalue weighted by Gasteiger charge is 2.32.